The standard InChI is InChI=1S/C14H18ClN5O2S2.C2HF3O2/c1-2-20(10-5-6-16-8-10)13-4-3-11(7-12(13)15)24(21,22)19-14-17-9-18-23-14;3-2(4,5)1(6)7/h3-4,7,9-10,16H,2,5-6,8H2,1H3,(H,17,18,19);(H,6,7)/t10-;/m0./s1. The lowest BCUT2D eigenvalue weighted by molar-refractivity contribution is -0.192. The topological polar surface area (TPSA) is 125 Å². The second-order valence-corrected chi connectivity index (χ2v) is 9.07. The summed E-state index contributed by atoms with van der Waals surface area (Å²) in [7, 11) is -3.73. The number of hydrogen-bond acceptors (Lipinski definition) is 8. The summed E-state index contributed by atoms with van der Waals surface area (Å²) in [5.41, 5.74) is 0.850. The van der Waals surface area contributed by atoms with E-state index in [1.807, 2.05) is 0 Å². The molecule has 1 fully saturated rings. The van der Waals surface area contributed by atoms with Crippen LogP contribution in [0.25, 0.3) is 0 Å². The number of carboxylic acids is 1. The maximum atomic E-state index is 12.4. The molecular weight excluding hydrogens is 483 g/mol. The van der Waals surface area contributed by atoms with Gasteiger partial charge in [-0.3, -0.25) is 4.72 Å². The molecule has 172 valence electrons. The number of sulfonamides is 1. The number of hydrogen-bond donors (Lipinski definition) is 3. The normalized spacial score (nSPS) is 16.4. The Labute approximate surface area is 185 Å². The van der Waals surface area contributed by atoms with Gasteiger partial charge in [-0.05, 0) is 38.1 Å². The average molecular weight is 502 g/mol. The zero-order valence-corrected chi connectivity index (χ0v) is 18.4. The van der Waals surface area contributed by atoms with E-state index in [2.05, 4.69) is 31.2 Å². The van der Waals surface area contributed by atoms with E-state index in [4.69, 9.17) is 21.5 Å². The van der Waals surface area contributed by atoms with E-state index in [-0.39, 0.29) is 10.0 Å². The SMILES string of the molecule is CCN(c1ccc(S(=O)(=O)Nc2ncns2)cc1Cl)[C@H]1CCNC1.O=C(O)C(F)(F)F. The summed E-state index contributed by atoms with van der Waals surface area (Å²) in [4.78, 5) is 15.0. The molecule has 15 heteroatoms. The molecule has 0 amide bonds. The first-order valence-electron chi connectivity index (χ1n) is 8.82. The van der Waals surface area contributed by atoms with Crippen molar-refractivity contribution in [1.29, 1.82) is 0 Å². The predicted molar refractivity (Wildman–Crippen MR) is 110 cm³/mol. The van der Waals surface area contributed by atoms with Gasteiger partial charge >= 0.3 is 12.1 Å². The van der Waals surface area contributed by atoms with Crippen LogP contribution >= 0.6 is 23.1 Å². The second kappa shape index (κ2) is 10.4. The highest BCUT2D eigenvalue weighted by Crippen LogP contribution is 2.31. The summed E-state index contributed by atoms with van der Waals surface area (Å²) in [6.07, 6.45) is -2.74. The smallest absolute Gasteiger partial charge is 0.475 e. The van der Waals surface area contributed by atoms with Crippen LogP contribution < -0.4 is 14.9 Å². The quantitative estimate of drug-likeness (QED) is 0.552. The van der Waals surface area contributed by atoms with Gasteiger partial charge in [-0.25, -0.2) is 18.2 Å². The first kappa shape index (κ1) is 25.1. The van der Waals surface area contributed by atoms with Crippen LogP contribution in [-0.4, -0.2) is 60.7 Å². The van der Waals surface area contributed by atoms with Crippen LogP contribution in [0.1, 0.15) is 13.3 Å². The van der Waals surface area contributed by atoms with Gasteiger partial charge in [0.25, 0.3) is 10.0 Å². The van der Waals surface area contributed by atoms with E-state index in [1.54, 1.807) is 12.1 Å². The van der Waals surface area contributed by atoms with Crippen LogP contribution in [0, 0.1) is 0 Å². The molecule has 1 saturated heterocycles. The lowest BCUT2D eigenvalue weighted by atomic mass is 10.2. The molecule has 1 aliphatic rings. The molecule has 0 spiro atoms. The molecule has 0 aliphatic carbocycles. The van der Waals surface area contributed by atoms with Crippen LogP contribution in [0.2, 0.25) is 5.02 Å². The summed E-state index contributed by atoms with van der Waals surface area (Å²) >= 11 is 7.37. The number of aliphatic carboxylic acids is 1. The molecule has 1 aromatic heterocycles. The molecule has 1 aromatic carbocycles. The lowest BCUT2D eigenvalue weighted by Crippen LogP contribution is -2.37. The van der Waals surface area contributed by atoms with Gasteiger partial charge in [0.05, 0.1) is 15.6 Å². The van der Waals surface area contributed by atoms with Crippen LogP contribution in [0.3, 0.4) is 0 Å². The first-order valence-corrected chi connectivity index (χ1v) is 11.5. The number of carbonyl (C=O) groups is 1. The van der Waals surface area contributed by atoms with Gasteiger partial charge in [0, 0.05) is 30.7 Å². The third kappa shape index (κ3) is 6.92. The molecule has 0 unspecified atom stereocenters. The number of alkyl halides is 3. The Morgan fingerprint density at radius 1 is 1.45 bits per heavy atom. The maximum Gasteiger partial charge on any atom is 0.490 e. The number of nitrogens with zero attached hydrogens (tertiary/aromatic N) is 3. The third-order valence-corrected chi connectivity index (χ3v) is 6.53. The van der Waals surface area contributed by atoms with Gasteiger partial charge in [0.2, 0.25) is 5.13 Å². The molecule has 0 saturated carbocycles. The van der Waals surface area contributed by atoms with Crippen molar-refractivity contribution in [3.8, 4) is 0 Å². The Morgan fingerprint density at radius 3 is 2.58 bits per heavy atom. The van der Waals surface area contributed by atoms with Crippen molar-refractivity contribution in [2.75, 3.05) is 29.3 Å². The first-order chi connectivity index (χ1) is 14.5. The number of nitrogens with one attached hydrogen (secondary N) is 2. The van der Waals surface area contributed by atoms with Gasteiger partial charge in [0.1, 0.15) is 6.33 Å². The van der Waals surface area contributed by atoms with Crippen molar-refractivity contribution >= 4 is 49.9 Å². The molecule has 0 radical (unpaired) electrons. The Bertz CT molecular complexity index is 984. The fourth-order valence-electron chi connectivity index (χ4n) is 2.81. The minimum Gasteiger partial charge on any atom is -0.475 e. The number of rotatable bonds is 6. The average Bonchev–Trinajstić information content (AvgIpc) is 3.37. The van der Waals surface area contributed by atoms with E-state index in [0.29, 0.717) is 11.1 Å². The van der Waals surface area contributed by atoms with Gasteiger partial charge in [0.15, 0.2) is 0 Å². The fraction of sp³-hybridized carbons (Fsp3) is 0.438. The largest absolute Gasteiger partial charge is 0.490 e. The number of likely N-dealkylation sites (N-methyl/N-ethyl adjacent to an activating group) is 1. The minimum absolute atomic E-state index is 0.104. The van der Waals surface area contributed by atoms with E-state index in [0.717, 1.165) is 43.3 Å². The third-order valence-electron chi connectivity index (χ3n) is 4.18. The van der Waals surface area contributed by atoms with Crippen molar-refractivity contribution in [3.05, 3.63) is 29.5 Å². The molecule has 3 N–H and O–H groups in total. The molecule has 2 aromatic rings. The van der Waals surface area contributed by atoms with Crippen LogP contribution in [0.4, 0.5) is 24.0 Å². The highest BCUT2D eigenvalue weighted by molar-refractivity contribution is 7.93. The van der Waals surface area contributed by atoms with Gasteiger partial charge in [-0.1, -0.05) is 11.6 Å². The number of anilines is 2. The second-order valence-electron chi connectivity index (χ2n) is 6.20. The van der Waals surface area contributed by atoms with E-state index < -0.39 is 22.2 Å². The maximum absolute atomic E-state index is 12.4. The van der Waals surface area contributed by atoms with Crippen molar-refractivity contribution in [3.63, 3.8) is 0 Å². The van der Waals surface area contributed by atoms with Crippen LogP contribution in [0.5, 0.6) is 0 Å². The van der Waals surface area contributed by atoms with Crippen molar-refractivity contribution in [1.82, 2.24) is 14.7 Å². The highest BCUT2D eigenvalue weighted by Gasteiger charge is 2.38. The molecule has 3 rings (SSSR count). The van der Waals surface area contributed by atoms with Crippen molar-refractivity contribution in [2.24, 2.45) is 0 Å². The monoisotopic (exact) mass is 501 g/mol. The Balaban J connectivity index is 0.000000423. The van der Waals surface area contributed by atoms with Crippen LogP contribution in [-0.2, 0) is 14.8 Å². The number of aromatic nitrogens is 2. The zero-order valence-electron chi connectivity index (χ0n) is 16.1. The molecule has 9 nitrogen and oxygen atoms in total. The van der Waals surface area contributed by atoms with E-state index >= 15 is 0 Å². The number of carboxylic acid groups (broad SMARTS) is 1. The molecule has 2 heterocycles. The Hall–Kier alpha value is -2.16. The number of halogens is 4. The van der Waals surface area contributed by atoms with Gasteiger partial charge in [-0.15, -0.1) is 0 Å². The van der Waals surface area contributed by atoms with E-state index in [9.17, 15) is 21.6 Å². The summed E-state index contributed by atoms with van der Waals surface area (Å²) in [5, 5.41) is 11.1. The molecule has 31 heavy (non-hydrogen) atoms. The molecule has 0 bridgehead atoms. The lowest BCUT2D eigenvalue weighted by Gasteiger charge is -2.30. The van der Waals surface area contributed by atoms with Gasteiger partial charge in [-0.2, -0.15) is 17.5 Å². The summed E-state index contributed by atoms with van der Waals surface area (Å²) in [6, 6.07) is 5.18. The molecule has 1 atom stereocenters. The number of benzene rings is 1. The summed E-state index contributed by atoms with van der Waals surface area (Å²) in [6.45, 7) is 4.76. The summed E-state index contributed by atoms with van der Waals surface area (Å²) in [5.74, 6) is -2.76. The fourth-order valence-corrected chi connectivity index (χ4v) is 4.85. The van der Waals surface area contributed by atoms with E-state index in [1.165, 1.54) is 12.4 Å². The predicted octanol–water partition coefficient (Wildman–Crippen LogP) is 2.81. The molecule has 1 aliphatic heterocycles. The van der Waals surface area contributed by atoms with Crippen LogP contribution in [0.15, 0.2) is 29.4 Å². The highest BCUT2D eigenvalue weighted by atomic mass is 35.5. The Kier molecular flexibility index (Phi) is 8.45. The summed E-state index contributed by atoms with van der Waals surface area (Å²) < 4.78 is 62.7. The van der Waals surface area contributed by atoms with Crippen molar-refractivity contribution in [2.45, 2.75) is 30.5 Å². The van der Waals surface area contributed by atoms with Crippen molar-refractivity contribution < 1.29 is 31.5 Å². The van der Waals surface area contributed by atoms with Gasteiger partial charge < -0.3 is 15.3 Å². The zero-order chi connectivity index (χ0) is 23.2. The minimum atomic E-state index is -5.08. The molecular formula is C16H19ClF3N5O4S2. The Morgan fingerprint density at radius 2 is 2.13 bits per heavy atom.